The molecule has 0 bridgehead atoms. The molecule has 2 heterocycles. The summed E-state index contributed by atoms with van der Waals surface area (Å²) in [5.74, 6) is 0.223. The van der Waals surface area contributed by atoms with Crippen molar-refractivity contribution < 1.29 is 9.21 Å². The molecule has 27 heavy (non-hydrogen) atoms. The van der Waals surface area contributed by atoms with Crippen LogP contribution >= 0.6 is 38.9 Å². The molecule has 1 amide bonds. The Hall–Kier alpha value is -2.48. The third-order valence-corrected chi connectivity index (χ3v) is 5.39. The van der Waals surface area contributed by atoms with Crippen LogP contribution in [0.25, 0.3) is 10.2 Å². The lowest BCUT2D eigenvalue weighted by atomic mass is 10.2. The fourth-order valence-corrected chi connectivity index (χ4v) is 3.96. The second-order valence-electron chi connectivity index (χ2n) is 5.49. The van der Waals surface area contributed by atoms with Gasteiger partial charge in [-0.05, 0) is 54.6 Å². The highest BCUT2D eigenvalue weighted by atomic mass is 79.9. The molecule has 0 aliphatic heterocycles. The van der Waals surface area contributed by atoms with Gasteiger partial charge < -0.3 is 4.42 Å². The summed E-state index contributed by atoms with van der Waals surface area (Å²) in [7, 11) is 0. The SMILES string of the molecule is O=C(c1ccc(Cl)cc1)N(/N=C/c1ccco1)c1nc2ccc(Br)cc2s1. The summed E-state index contributed by atoms with van der Waals surface area (Å²) in [4.78, 5) is 17.6. The first-order valence-corrected chi connectivity index (χ1v) is 9.82. The number of rotatable bonds is 4. The van der Waals surface area contributed by atoms with Crippen LogP contribution in [0.3, 0.4) is 0 Å². The van der Waals surface area contributed by atoms with E-state index in [4.69, 9.17) is 16.0 Å². The van der Waals surface area contributed by atoms with Crippen molar-refractivity contribution >= 4 is 66.3 Å². The number of hydrazone groups is 1. The molecule has 0 radical (unpaired) electrons. The van der Waals surface area contributed by atoms with Crippen molar-refractivity contribution in [3.05, 3.63) is 81.7 Å². The van der Waals surface area contributed by atoms with Crippen molar-refractivity contribution in [1.82, 2.24) is 4.98 Å². The van der Waals surface area contributed by atoms with Gasteiger partial charge in [0.25, 0.3) is 5.91 Å². The molecule has 2 aromatic carbocycles. The zero-order chi connectivity index (χ0) is 18.8. The summed E-state index contributed by atoms with van der Waals surface area (Å²) in [6.45, 7) is 0. The molecule has 2 aromatic heterocycles. The third kappa shape index (κ3) is 3.95. The van der Waals surface area contributed by atoms with Crippen LogP contribution in [-0.4, -0.2) is 17.1 Å². The number of nitrogens with zero attached hydrogens (tertiary/aromatic N) is 3. The van der Waals surface area contributed by atoms with E-state index in [1.807, 2.05) is 18.2 Å². The molecular formula is C19H11BrClN3O2S. The first kappa shape index (κ1) is 17.9. The summed E-state index contributed by atoms with van der Waals surface area (Å²) >= 11 is 10.8. The number of aromatic nitrogens is 1. The van der Waals surface area contributed by atoms with Gasteiger partial charge in [-0.15, -0.1) is 0 Å². The lowest BCUT2D eigenvalue weighted by molar-refractivity contribution is 0.0988. The number of hydrogen-bond donors (Lipinski definition) is 0. The van der Waals surface area contributed by atoms with E-state index in [2.05, 4.69) is 26.0 Å². The van der Waals surface area contributed by atoms with E-state index in [9.17, 15) is 4.79 Å². The Morgan fingerprint density at radius 3 is 2.78 bits per heavy atom. The zero-order valence-electron chi connectivity index (χ0n) is 13.7. The number of fused-ring (bicyclic) bond motifs is 1. The fourth-order valence-electron chi connectivity index (χ4n) is 2.36. The van der Waals surface area contributed by atoms with Gasteiger partial charge >= 0.3 is 0 Å². The minimum atomic E-state index is -0.312. The van der Waals surface area contributed by atoms with Crippen LogP contribution < -0.4 is 5.01 Å². The topological polar surface area (TPSA) is 58.7 Å². The quantitative estimate of drug-likeness (QED) is 0.278. The van der Waals surface area contributed by atoms with Crippen LogP contribution in [0.2, 0.25) is 5.02 Å². The van der Waals surface area contributed by atoms with Gasteiger partial charge in [0.05, 0.1) is 22.7 Å². The Morgan fingerprint density at radius 1 is 1.22 bits per heavy atom. The van der Waals surface area contributed by atoms with Gasteiger partial charge in [-0.2, -0.15) is 10.1 Å². The molecule has 0 saturated heterocycles. The maximum atomic E-state index is 13.1. The van der Waals surface area contributed by atoms with Gasteiger partial charge in [0.15, 0.2) is 0 Å². The van der Waals surface area contributed by atoms with E-state index >= 15 is 0 Å². The summed E-state index contributed by atoms with van der Waals surface area (Å²) in [5.41, 5.74) is 1.25. The van der Waals surface area contributed by atoms with Gasteiger partial charge in [0.2, 0.25) is 5.13 Å². The standard InChI is InChI=1S/C19H11BrClN3O2S/c20-13-5-8-16-17(10-13)27-19(23-16)24(22-11-15-2-1-9-26-15)18(25)12-3-6-14(21)7-4-12/h1-11H/b22-11+. The molecule has 8 heteroatoms. The van der Waals surface area contributed by atoms with Crippen LogP contribution in [0.1, 0.15) is 16.1 Å². The first-order chi connectivity index (χ1) is 13.1. The molecule has 0 N–H and O–H groups in total. The Kier molecular flexibility index (Phi) is 5.07. The monoisotopic (exact) mass is 459 g/mol. The van der Waals surface area contributed by atoms with Crippen molar-refractivity contribution in [2.45, 2.75) is 0 Å². The minimum absolute atomic E-state index is 0.312. The number of hydrogen-bond acceptors (Lipinski definition) is 5. The summed E-state index contributed by atoms with van der Waals surface area (Å²) in [6.07, 6.45) is 3.03. The minimum Gasteiger partial charge on any atom is -0.463 e. The highest BCUT2D eigenvalue weighted by Gasteiger charge is 2.21. The molecule has 0 unspecified atom stereocenters. The number of thiazole rings is 1. The van der Waals surface area contributed by atoms with E-state index in [1.165, 1.54) is 22.6 Å². The molecule has 0 saturated carbocycles. The van der Waals surface area contributed by atoms with Crippen molar-refractivity contribution in [3.63, 3.8) is 0 Å². The fraction of sp³-hybridized carbons (Fsp3) is 0. The van der Waals surface area contributed by atoms with Gasteiger partial charge in [0, 0.05) is 15.1 Å². The van der Waals surface area contributed by atoms with E-state index in [-0.39, 0.29) is 5.91 Å². The number of anilines is 1. The number of furan rings is 1. The smallest absolute Gasteiger partial charge is 0.280 e. The number of halogens is 2. The third-order valence-electron chi connectivity index (χ3n) is 3.65. The first-order valence-electron chi connectivity index (χ1n) is 7.84. The van der Waals surface area contributed by atoms with Crippen molar-refractivity contribution in [2.24, 2.45) is 5.10 Å². The molecule has 5 nitrogen and oxygen atoms in total. The predicted octanol–water partition coefficient (Wildman–Crippen LogP) is 5.99. The van der Waals surface area contributed by atoms with Gasteiger partial charge in [0.1, 0.15) is 5.76 Å². The molecule has 0 fully saturated rings. The number of amides is 1. The van der Waals surface area contributed by atoms with Crippen LogP contribution in [0.5, 0.6) is 0 Å². The lowest BCUT2D eigenvalue weighted by Gasteiger charge is -2.13. The van der Waals surface area contributed by atoms with Crippen molar-refractivity contribution in [3.8, 4) is 0 Å². The largest absolute Gasteiger partial charge is 0.463 e. The van der Waals surface area contributed by atoms with Crippen LogP contribution in [0.15, 0.2) is 74.9 Å². The predicted molar refractivity (Wildman–Crippen MR) is 112 cm³/mol. The van der Waals surface area contributed by atoms with Gasteiger partial charge in [-0.3, -0.25) is 4.79 Å². The van der Waals surface area contributed by atoms with Crippen LogP contribution in [0, 0.1) is 0 Å². The number of carbonyl (C=O) groups is 1. The second kappa shape index (κ2) is 7.64. The number of benzene rings is 2. The van der Waals surface area contributed by atoms with Crippen molar-refractivity contribution in [1.29, 1.82) is 0 Å². The molecule has 0 aliphatic rings. The average Bonchev–Trinajstić information content (AvgIpc) is 3.31. The molecule has 4 aromatic rings. The maximum absolute atomic E-state index is 13.1. The highest BCUT2D eigenvalue weighted by molar-refractivity contribution is 9.10. The maximum Gasteiger partial charge on any atom is 0.280 e. The Labute approximate surface area is 172 Å². The molecule has 0 spiro atoms. The van der Waals surface area contributed by atoms with Crippen LogP contribution in [0.4, 0.5) is 5.13 Å². The summed E-state index contributed by atoms with van der Waals surface area (Å²) in [5, 5.41) is 6.61. The zero-order valence-corrected chi connectivity index (χ0v) is 16.8. The molecule has 0 aliphatic carbocycles. The molecule has 134 valence electrons. The number of carbonyl (C=O) groups excluding carboxylic acids is 1. The normalized spacial score (nSPS) is 11.3. The molecule has 0 atom stereocenters. The highest BCUT2D eigenvalue weighted by Crippen LogP contribution is 2.32. The van der Waals surface area contributed by atoms with E-state index in [1.54, 1.807) is 42.7 Å². The average molecular weight is 461 g/mol. The Balaban J connectivity index is 1.76. The van der Waals surface area contributed by atoms with Crippen LogP contribution in [-0.2, 0) is 0 Å². The van der Waals surface area contributed by atoms with Gasteiger partial charge in [-0.25, -0.2) is 4.98 Å². The van der Waals surface area contributed by atoms with E-state index in [0.717, 1.165) is 14.7 Å². The molecular weight excluding hydrogens is 450 g/mol. The summed E-state index contributed by atoms with van der Waals surface area (Å²) < 4.78 is 7.16. The second-order valence-corrected chi connectivity index (χ2v) is 7.85. The van der Waals surface area contributed by atoms with E-state index in [0.29, 0.717) is 21.5 Å². The van der Waals surface area contributed by atoms with E-state index < -0.39 is 0 Å². The van der Waals surface area contributed by atoms with Gasteiger partial charge in [-0.1, -0.05) is 38.9 Å². The lowest BCUT2D eigenvalue weighted by Crippen LogP contribution is -2.25. The summed E-state index contributed by atoms with van der Waals surface area (Å²) in [6, 6.07) is 15.9. The Morgan fingerprint density at radius 2 is 2.04 bits per heavy atom. The Bertz CT molecular complexity index is 1120. The van der Waals surface area contributed by atoms with Crippen molar-refractivity contribution in [2.75, 3.05) is 5.01 Å². The molecule has 4 rings (SSSR count).